The number of fused-ring (bicyclic) bond motifs is 2. The van der Waals surface area contributed by atoms with E-state index in [1.54, 1.807) is 6.07 Å². The molecule has 3 nitrogen and oxygen atoms in total. The highest BCUT2D eigenvalue weighted by Crippen LogP contribution is 2.54. The van der Waals surface area contributed by atoms with Crippen molar-refractivity contribution < 1.29 is 14.2 Å². The summed E-state index contributed by atoms with van der Waals surface area (Å²) in [6.45, 7) is 0.826. The van der Waals surface area contributed by atoms with Crippen molar-refractivity contribution in [3.05, 3.63) is 29.6 Å². The van der Waals surface area contributed by atoms with Gasteiger partial charge in [0.1, 0.15) is 11.6 Å². The van der Waals surface area contributed by atoms with Crippen LogP contribution in [0.15, 0.2) is 18.2 Å². The maximum absolute atomic E-state index is 13.9. The first-order valence-electron chi connectivity index (χ1n) is 8.14. The van der Waals surface area contributed by atoms with E-state index in [4.69, 9.17) is 4.74 Å². The number of hydrogen-bond acceptors (Lipinski definition) is 3. The summed E-state index contributed by atoms with van der Waals surface area (Å²) in [5.41, 5.74) is -0.281. The van der Waals surface area contributed by atoms with Gasteiger partial charge in [-0.3, -0.25) is 0 Å². The minimum absolute atomic E-state index is 0.146. The van der Waals surface area contributed by atoms with Crippen LogP contribution in [0.2, 0.25) is 0 Å². The average Bonchev–Trinajstić information content (AvgIpc) is 2.86. The molecule has 0 heterocycles. The van der Waals surface area contributed by atoms with Crippen LogP contribution in [0.5, 0.6) is 5.75 Å². The molecule has 0 radical (unpaired) electrons. The second kappa shape index (κ2) is 5.82. The number of hydrogen-bond donors (Lipinski definition) is 1. The van der Waals surface area contributed by atoms with Crippen LogP contribution >= 0.6 is 0 Å². The highest BCUT2D eigenvalue weighted by molar-refractivity contribution is 5.35. The van der Waals surface area contributed by atoms with Crippen molar-refractivity contribution >= 4 is 0 Å². The fraction of sp³-hybridized carbons (Fsp3) is 0.667. The number of benzene rings is 1. The lowest BCUT2D eigenvalue weighted by Crippen LogP contribution is -2.47. The molecule has 122 valence electrons. The molecule has 4 heteroatoms. The molecule has 2 saturated carbocycles. The maximum atomic E-state index is 13.9. The van der Waals surface area contributed by atoms with Crippen LogP contribution in [0, 0.1) is 23.6 Å². The highest BCUT2D eigenvalue weighted by atomic mass is 19.1. The van der Waals surface area contributed by atoms with Gasteiger partial charge in [0.25, 0.3) is 0 Å². The summed E-state index contributed by atoms with van der Waals surface area (Å²) in [7, 11) is 5.60. The van der Waals surface area contributed by atoms with Gasteiger partial charge in [0.2, 0.25) is 0 Å². The van der Waals surface area contributed by atoms with Gasteiger partial charge in [-0.15, -0.1) is 0 Å². The Morgan fingerprint density at radius 2 is 2.09 bits per heavy atom. The van der Waals surface area contributed by atoms with Crippen LogP contribution in [0.25, 0.3) is 0 Å². The second-order valence-electron chi connectivity index (χ2n) is 7.32. The lowest BCUT2D eigenvalue weighted by molar-refractivity contribution is -0.0893. The number of ether oxygens (including phenoxy) is 1. The van der Waals surface area contributed by atoms with E-state index in [0.29, 0.717) is 23.1 Å². The SMILES string of the molecule is COc1cc(F)cc(C2(O)C[C@@H]3CC[C@@H](C3)C2CN(C)C)c1. The molecule has 0 aliphatic heterocycles. The van der Waals surface area contributed by atoms with Gasteiger partial charge in [0.05, 0.1) is 12.7 Å². The fourth-order valence-electron chi connectivity index (χ4n) is 4.60. The summed E-state index contributed by atoms with van der Waals surface area (Å²) in [6, 6.07) is 4.65. The zero-order valence-corrected chi connectivity index (χ0v) is 13.7. The van der Waals surface area contributed by atoms with Crippen molar-refractivity contribution in [2.24, 2.45) is 17.8 Å². The van der Waals surface area contributed by atoms with Crippen molar-refractivity contribution in [1.29, 1.82) is 0 Å². The maximum Gasteiger partial charge on any atom is 0.127 e. The number of aliphatic hydroxyl groups is 1. The monoisotopic (exact) mass is 307 g/mol. The van der Waals surface area contributed by atoms with Gasteiger partial charge < -0.3 is 14.7 Å². The summed E-state index contributed by atoms with van der Waals surface area (Å²) in [5.74, 6) is 1.37. The smallest absolute Gasteiger partial charge is 0.127 e. The lowest BCUT2D eigenvalue weighted by Gasteiger charge is -2.45. The summed E-state index contributed by atoms with van der Waals surface area (Å²) in [4.78, 5) is 2.13. The molecule has 0 aromatic heterocycles. The first kappa shape index (κ1) is 15.8. The van der Waals surface area contributed by atoms with E-state index in [2.05, 4.69) is 4.90 Å². The van der Waals surface area contributed by atoms with E-state index in [1.807, 2.05) is 14.1 Å². The van der Waals surface area contributed by atoms with Gasteiger partial charge in [-0.1, -0.05) is 6.42 Å². The van der Waals surface area contributed by atoms with Gasteiger partial charge in [-0.05, 0) is 62.9 Å². The van der Waals surface area contributed by atoms with Crippen molar-refractivity contribution in [3.8, 4) is 5.75 Å². The summed E-state index contributed by atoms with van der Waals surface area (Å²) < 4.78 is 19.1. The largest absolute Gasteiger partial charge is 0.497 e. The van der Waals surface area contributed by atoms with Gasteiger partial charge in [-0.25, -0.2) is 4.39 Å². The molecule has 1 N–H and O–H groups in total. The number of nitrogens with zero attached hydrogens (tertiary/aromatic N) is 1. The standard InChI is InChI=1S/C18H26FNO2/c1-20(2)11-17-13-5-4-12(6-13)10-18(17,21)14-7-15(19)9-16(8-14)22-3/h7-9,12-13,17,21H,4-6,10-11H2,1-3H3/t12-,13+,17?,18?/m1/s1. The van der Waals surface area contributed by atoms with E-state index in [-0.39, 0.29) is 11.7 Å². The Hall–Kier alpha value is -1.13. The van der Waals surface area contributed by atoms with E-state index < -0.39 is 5.60 Å². The predicted octanol–water partition coefficient (Wildman–Crippen LogP) is 3.02. The van der Waals surface area contributed by atoms with Gasteiger partial charge in [0, 0.05) is 18.5 Å². The van der Waals surface area contributed by atoms with Crippen molar-refractivity contribution in [1.82, 2.24) is 4.90 Å². The van der Waals surface area contributed by atoms with Crippen LogP contribution in [0.3, 0.4) is 0 Å². The third-order valence-electron chi connectivity index (χ3n) is 5.53. The number of methoxy groups -OCH3 is 1. The molecule has 0 spiro atoms. The minimum atomic E-state index is -0.955. The predicted molar refractivity (Wildman–Crippen MR) is 84.3 cm³/mol. The van der Waals surface area contributed by atoms with Crippen LogP contribution in [0.4, 0.5) is 4.39 Å². The molecule has 1 aromatic rings. The summed E-state index contributed by atoms with van der Waals surface area (Å²) in [6.07, 6.45) is 4.29. The minimum Gasteiger partial charge on any atom is -0.497 e. The summed E-state index contributed by atoms with van der Waals surface area (Å²) in [5, 5.41) is 11.5. The topological polar surface area (TPSA) is 32.7 Å². The van der Waals surface area contributed by atoms with Gasteiger partial charge in [0.15, 0.2) is 0 Å². The number of halogens is 1. The zero-order valence-electron chi connectivity index (χ0n) is 13.7. The first-order chi connectivity index (χ1) is 10.4. The molecule has 0 saturated heterocycles. The normalized spacial score (nSPS) is 34.2. The van der Waals surface area contributed by atoms with Crippen LogP contribution in [-0.2, 0) is 5.60 Å². The van der Waals surface area contributed by atoms with Crippen molar-refractivity contribution in [2.45, 2.75) is 31.3 Å². The lowest BCUT2D eigenvalue weighted by atomic mass is 9.66. The Kier molecular flexibility index (Phi) is 4.17. The molecule has 22 heavy (non-hydrogen) atoms. The number of rotatable bonds is 4. The van der Waals surface area contributed by atoms with Gasteiger partial charge >= 0.3 is 0 Å². The molecule has 2 fully saturated rings. The van der Waals surface area contributed by atoms with Crippen LogP contribution in [-0.4, -0.2) is 37.8 Å². The Bertz CT molecular complexity index is 548. The van der Waals surface area contributed by atoms with Crippen molar-refractivity contribution in [2.75, 3.05) is 27.7 Å². The van der Waals surface area contributed by atoms with Gasteiger partial charge in [-0.2, -0.15) is 0 Å². The molecular formula is C18H26FNO2. The van der Waals surface area contributed by atoms with E-state index >= 15 is 0 Å². The van der Waals surface area contributed by atoms with E-state index in [1.165, 1.54) is 38.5 Å². The third-order valence-corrected chi connectivity index (χ3v) is 5.53. The molecule has 2 aliphatic carbocycles. The zero-order chi connectivity index (χ0) is 15.9. The van der Waals surface area contributed by atoms with E-state index in [9.17, 15) is 9.50 Å². The highest BCUT2D eigenvalue weighted by Gasteiger charge is 2.51. The Labute approximate surface area is 132 Å². The molecule has 3 rings (SSSR count). The molecule has 1 aromatic carbocycles. The quantitative estimate of drug-likeness (QED) is 0.928. The second-order valence-corrected chi connectivity index (χ2v) is 7.32. The third kappa shape index (κ3) is 2.74. The van der Waals surface area contributed by atoms with Crippen LogP contribution < -0.4 is 4.74 Å². The Morgan fingerprint density at radius 1 is 1.32 bits per heavy atom. The van der Waals surface area contributed by atoms with Crippen LogP contribution in [0.1, 0.15) is 31.2 Å². The molecule has 4 atom stereocenters. The van der Waals surface area contributed by atoms with E-state index in [0.717, 1.165) is 13.0 Å². The fourth-order valence-corrected chi connectivity index (χ4v) is 4.60. The Morgan fingerprint density at radius 3 is 2.77 bits per heavy atom. The molecule has 0 amide bonds. The first-order valence-corrected chi connectivity index (χ1v) is 8.14. The Balaban J connectivity index is 2.02. The van der Waals surface area contributed by atoms with Crippen molar-refractivity contribution in [3.63, 3.8) is 0 Å². The summed E-state index contributed by atoms with van der Waals surface area (Å²) >= 11 is 0. The molecular weight excluding hydrogens is 281 g/mol. The average molecular weight is 307 g/mol. The molecule has 2 aliphatic rings. The molecule has 2 unspecified atom stereocenters. The molecule has 2 bridgehead atoms.